The van der Waals surface area contributed by atoms with Gasteiger partial charge in [-0.1, -0.05) is 30.0 Å². The Labute approximate surface area is 166 Å². The average molecular weight is 390 g/mol. The van der Waals surface area contributed by atoms with Crippen molar-refractivity contribution in [1.29, 1.82) is 0 Å². The third kappa shape index (κ3) is 4.75. The Morgan fingerprint density at radius 3 is 2.55 bits per heavy atom. The molecule has 29 heavy (non-hydrogen) atoms. The zero-order valence-electron chi connectivity index (χ0n) is 15.4. The van der Waals surface area contributed by atoms with Crippen molar-refractivity contribution >= 4 is 29.2 Å². The molecule has 0 fully saturated rings. The van der Waals surface area contributed by atoms with Crippen molar-refractivity contribution in [2.45, 2.75) is 0 Å². The second-order valence-electron chi connectivity index (χ2n) is 5.95. The lowest BCUT2D eigenvalue weighted by molar-refractivity contribution is -0.385. The lowest BCUT2D eigenvalue weighted by Crippen LogP contribution is -2.11. The Balaban J connectivity index is 1.83. The summed E-state index contributed by atoms with van der Waals surface area (Å²) in [5.74, 6) is -0.906. The first kappa shape index (κ1) is 19.6. The van der Waals surface area contributed by atoms with Crippen LogP contribution >= 0.6 is 0 Å². The van der Waals surface area contributed by atoms with Crippen molar-refractivity contribution < 1.29 is 19.6 Å². The third-order valence-electron chi connectivity index (χ3n) is 3.99. The fraction of sp³-hybridized carbons (Fsp3) is 0.0476. The smallest absolute Gasteiger partial charge is 0.273 e. The van der Waals surface area contributed by atoms with Crippen LogP contribution in [0, 0.1) is 10.1 Å². The molecule has 0 aliphatic heterocycles. The first-order valence-electron chi connectivity index (χ1n) is 8.52. The maximum atomic E-state index is 12.3. The average Bonchev–Trinajstić information content (AvgIpc) is 2.73. The Hall–Kier alpha value is -4.20. The highest BCUT2D eigenvalue weighted by atomic mass is 16.6. The highest BCUT2D eigenvalue weighted by molar-refractivity contribution is 6.04. The summed E-state index contributed by atoms with van der Waals surface area (Å²) in [5.41, 5.74) is 1.25. The molecule has 0 radical (unpaired) electrons. The number of nitrogens with zero attached hydrogens (tertiary/aromatic N) is 2. The van der Waals surface area contributed by atoms with E-state index in [4.69, 9.17) is 4.74 Å². The molecule has 3 rings (SSSR count). The topological polar surface area (TPSA) is 117 Å². The lowest BCUT2D eigenvalue weighted by atomic mass is 10.1. The second-order valence-corrected chi connectivity index (χ2v) is 5.95. The molecule has 1 amide bonds. The van der Waals surface area contributed by atoms with Crippen molar-refractivity contribution in [2.24, 2.45) is 4.99 Å². The number of nitro groups is 1. The van der Waals surface area contributed by atoms with E-state index in [-0.39, 0.29) is 22.9 Å². The highest BCUT2D eigenvalue weighted by Gasteiger charge is 2.11. The summed E-state index contributed by atoms with van der Waals surface area (Å²) in [7, 11) is 1.26. The molecule has 0 saturated heterocycles. The quantitative estimate of drug-likeness (QED) is 0.391. The predicted molar refractivity (Wildman–Crippen MR) is 107 cm³/mol. The standard InChI is InChI=1S/C21H17N3O5/c1-29-19-12-18(24(27)28)10-15(20(19)25)13-22-16-8-5-9-17(11-16)23-21(26)14-6-3-2-4-7-14/h2-13,25H,1H3,(H,23,26)/p-1. The molecule has 0 bridgehead atoms. The number of hydrogen-bond acceptors (Lipinski definition) is 6. The number of benzene rings is 3. The zero-order chi connectivity index (χ0) is 20.8. The van der Waals surface area contributed by atoms with Gasteiger partial charge in [0.15, 0.2) is 0 Å². The molecule has 0 aliphatic rings. The maximum Gasteiger partial charge on any atom is 0.273 e. The molecule has 146 valence electrons. The van der Waals surface area contributed by atoms with E-state index in [0.717, 1.165) is 12.1 Å². The molecule has 0 unspecified atom stereocenters. The highest BCUT2D eigenvalue weighted by Crippen LogP contribution is 2.31. The second kappa shape index (κ2) is 8.66. The number of carbonyl (C=O) groups is 1. The largest absolute Gasteiger partial charge is 0.870 e. The van der Waals surface area contributed by atoms with Gasteiger partial charge in [-0.25, -0.2) is 0 Å². The predicted octanol–water partition coefficient (Wildman–Crippen LogP) is 3.68. The number of hydrogen-bond donors (Lipinski definition) is 1. The van der Waals surface area contributed by atoms with Crippen LogP contribution in [0.3, 0.4) is 0 Å². The van der Waals surface area contributed by atoms with E-state index >= 15 is 0 Å². The van der Waals surface area contributed by atoms with Crippen molar-refractivity contribution in [3.8, 4) is 11.5 Å². The van der Waals surface area contributed by atoms with Gasteiger partial charge in [0.25, 0.3) is 11.6 Å². The van der Waals surface area contributed by atoms with Gasteiger partial charge < -0.3 is 15.2 Å². The summed E-state index contributed by atoms with van der Waals surface area (Å²) in [6.45, 7) is 0. The molecule has 0 aliphatic carbocycles. The number of nitrogens with one attached hydrogen (secondary N) is 1. The van der Waals surface area contributed by atoms with Crippen molar-refractivity contribution in [2.75, 3.05) is 12.4 Å². The number of amides is 1. The molecule has 8 nitrogen and oxygen atoms in total. The third-order valence-corrected chi connectivity index (χ3v) is 3.99. The first-order chi connectivity index (χ1) is 14.0. The lowest BCUT2D eigenvalue weighted by Gasteiger charge is -2.15. The van der Waals surface area contributed by atoms with E-state index in [0.29, 0.717) is 16.9 Å². The maximum absolute atomic E-state index is 12.3. The fourth-order valence-electron chi connectivity index (χ4n) is 2.56. The minimum atomic E-state index is -0.612. The van der Waals surface area contributed by atoms with E-state index in [1.807, 2.05) is 6.07 Å². The SMILES string of the molecule is COc1cc([N+](=O)[O-])cc(C=Nc2cccc(NC(=O)c3ccccc3)c2)c1[O-]. The number of aliphatic imine (C=N–C) groups is 1. The van der Waals surface area contributed by atoms with E-state index in [1.54, 1.807) is 48.5 Å². The molecule has 8 heteroatoms. The Kier molecular flexibility index (Phi) is 5.84. The summed E-state index contributed by atoms with van der Waals surface area (Å²) >= 11 is 0. The van der Waals surface area contributed by atoms with Crippen LogP contribution in [0.1, 0.15) is 15.9 Å². The molecular formula is C21H16N3O5-. The van der Waals surface area contributed by atoms with Gasteiger partial charge in [-0.15, -0.1) is 0 Å². The van der Waals surface area contributed by atoms with Gasteiger partial charge >= 0.3 is 0 Å². The van der Waals surface area contributed by atoms with Crippen molar-refractivity contribution in [3.63, 3.8) is 0 Å². The molecule has 3 aromatic carbocycles. The van der Waals surface area contributed by atoms with Crippen LogP contribution in [0.5, 0.6) is 11.5 Å². The number of anilines is 1. The summed E-state index contributed by atoms with van der Waals surface area (Å²) < 4.78 is 4.91. The monoisotopic (exact) mass is 390 g/mol. The molecule has 3 aromatic rings. The Morgan fingerprint density at radius 1 is 1.10 bits per heavy atom. The summed E-state index contributed by atoms with van der Waals surface area (Å²) in [6, 6.07) is 17.6. The van der Waals surface area contributed by atoms with Crippen LogP contribution in [-0.4, -0.2) is 24.2 Å². The van der Waals surface area contributed by atoms with Crippen LogP contribution in [0.25, 0.3) is 0 Å². The summed E-state index contributed by atoms with van der Waals surface area (Å²) in [6.07, 6.45) is 1.23. The number of nitro benzene ring substituents is 1. The van der Waals surface area contributed by atoms with Gasteiger partial charge in [-0.2, -0.15) is 0 Å². The van der Waals surface area contributed by atoms with Crippen LogP contribution in [0.2, 0.25) is 0 Å². The van der Waals surface area contributed by atoms with Crippen molar-refractivity contribution in [1.82, 2.24) is 0 Å². The molecule has 0 spiro atoms. The van der Waals surface area contributed by atoms with E-state index in [1.165, 1.54) is 13.3 Å². The number of methoxy groups -OCH3 is 1. The molecule has 1 N–H and O–H groups in total. The minimum Gasteiger partial charge on any atom is -0.870 e. The number of carbonyl (C=O) groups excluding carboxylic acids is 1. The number of non-ortho nitro benzene ring substituents is 1. The van der Waals surface area contributed by atoms with Gasteiger partial charge in [-0.3, -0.25) is 19.9 Å². The molecule has 0 aromatic heterocycles. The Morgan fingerprint density at radius 2 is 1.86 bits per heavy atom. The van der Waals surface area contributed by atoms with Crippen LogP contribution in [0.15, 0.2) is 71.7 Å². The van der Waals surface area contributed by atoms with E-state index in [9.17, 15) is 20.0 Å². The molecule has 0 atom stereocenters. The van der Waals surface area contributed by atoms with E-state index < -0.39 is 10.7 Å². The van der Waals surface area contributed by atoms with E-state index in [2.05, 4.69) is 10.3 Å². The van der Waals surface area contributed by atoms with Gasteiger partial charge in [0.1, 0.15) is 5.75 Å². The van der Waals surface area contributed by atoms with Gasteiger partial charge in [-0.05, 0) is 35.9 Å². The van der Waals surface area contributed by atoms with Crippen molar-refractivity contribution in [3.05, 3.63) is 88.0 Å². The summed E-state index contributed by atoms with van der Waals surface area (Å²) in [4.78, 5) is 26.9. The Bertz CT molecular complexity index is 1080. The minimum absolute atomic E-state index is 0.0229. The molecular weight excluding hydrogens is 374 g/mol. The first-order valence-corrected chi connectivity index (χ1v) is 8.52. The number of rotatable bonds is 6. The molecule has 0 heterocycles. The van der Waals surface area contributed by atoms with Crippen LogP contribution in [-0.2, 0) is 0 Å². The fourth-order valence-corrected chi connectivity index (χ4v) is 2.56. The summed E-state index contributed by atoms with van der Waals surface area (Å²) in [5, 5.41) is 26.1. The molecule has 0 saturated carbocycles. The van der Waals surface area contributed by atoms with Crippen LogP contribution < -0.4 is 15.2 Å². The zero-order valence-corrected chi connectivity index (χ0v) is 15.4. The van der Waals surface area contributed by atoms with Gasteiger partial charge in [0.05, 0.1) is 23.8 Å². The normalized spacial score (nSPS) is 10.7. The van der Waals surface area contributed by atoms with Gasteiger partial charge in [0.2, 0.25) is 0 Å². The van der Waals surface area contributed by atoms with Gasteiger partial charge in [0, 0.05) is 23.5 Å². The number of ether oxygens (including phenoxy) is 1. The van der Waals surface area contributed by atoms with Crippen LogP contribution in [0.4, 0.5) is 17.1 Å².